The third kappa shape index (κ3) is 3.80. The van der Waals surface area contributed by atoms with Crippen molar-refractivity contribution in [1.29, 1.82) is 0 Å². The molecule has 3 aromatic rings. The first-order chi connectivity index (χ1) is 11.7. The number of rotatable bonds is 5. The fourth-order valence-corrected chi connectivity index (χ4v) is 3.23. The third-order valence-electron chi connectivity index (χ3n) is 3.17. The van der Waals surface area contributed by atoms with Crippen molar-refractivity contribution in [3.63, 3.8) is 0 Å². The van der Waals surface area contributed by atoms with Crippen LogP contribution >= 0.6 is 27.3 Å². The van der Waals surface area contributed by atoms with Crippen LogP contribution in [0.4, 0.5) is 0 Å². The lowest BCUT2D eigenvalue weighted by molar-refractivity contribution is 0.0461. The van der Waals surface area contributed by atoms with Gasteiger partial charge >= 0.3 is 5.97 Å². The molecule has 0 radical (unpaired) electrons. The molecule has 0 aliphatic heterocycles. The van der Waals surface area contributed by atoms with Crippen LogP contribution in [-0.4, -0.2) is 23.0 Å². The Kier molecular flexibility index (Phi) is 5.22. The first-order valence-corrected chi connectivity index (χ1v) is 8.71. The molecule has 5 nitrogen and oxygen atoms in total. The summed E-state index contributed by atoms with van der Waals surface area (Å²) in [7, 11) is 1.62. The van der Waals surface area contributed by atoms with Gasteiger partial charge in [-0.15, -0.1) is 11.3 Å². The summed E-state index contributed by atoms with van der Waals surface area (Å²) in [5.41, 5.74) is 1.85. The van der Waals surface area contributed by atoms with E-state index >= 15 is 0 Å². The summed E-state index contributed by atoms with van der Waals surface area (Å²) < 4.78 is 11.6. The van der Waals surface area contributed by atoms with Crippen LogP contribution in [0.5, 0.6) is 5.75 Å². The van der Waals surface area contributed by atoms with Crippen LogP contribution < -0.4 is 4.74 Å². The lowest BCUT2D eigenvalue weighted by atomic mass is 10.2. The van der Waals surface area contributed by atoms with Gasteiger partial charge in [0.05, 0.1) is 18.4 Å². The Morgan fingerprint density at radius 3 is 2.92 bits per heavy atom. The highest BCUT2D eigenvalue weighted by atomic mass is 79.9. The molecule has 0 saturated carbocycles. The highest BCUT2D eigenvalue weighted by Gasteiger charge is 2.13. The number of hydrogen-bond donors (Lipinski definition) is 0. The number of carbonyl (C=O) groups excluding carboxylic acids is 1. The normalized spacial score (nSPS) is 10.4. The van der Waals surface area contributed by atoms with Gasteiger partial charge in [-0.2, -0.15) is 0 Å². The molecule has 3 rings (SSSR count). The second-order valence-corrected chi connectivity index (χ2v) is 6.55. The molecule has 0 aliphatic carbocycles. The van der Waals surface area contributed by atoms with E-state index in [1.807, 2.05) is 23.6 Å². The largest absolute Gasteiger partial charge is 0.496 e. The molecule has 24 heavy (non-hydrogen) atoms. The van der Waals surface area contributed by atoms with Gasteiger partial charge in [0, 0.05) is 16.0 Å². The molecule has 7 heteroatoms. The zero-order valence-corrected chi connectivity index (χ0v) is 15.1. The number of carbonyl (C=O) groups is 1. The molecule has 1 aromatic carbocycles. The highest BCUT2D eigenvalue weighted by Crippen LogP contribution is 2.34. The number of benzene rings is 1. The van der Waals surface area contributed by atoms with E-state index in [2.05, 4.69) is 25.9 Å². The van der Waals surface area contributed by atoms with Crippen molar-refractivity contribution in [2.75, 3.05) is 7.11 Å². The molecule has 0 aliphatic rings. The van der Waals surface area contributed by atoms with Crippen LogP contribution in [0.15, 0.2) is 52.4 Å². The minimum Gasteiger partial charge on any atom is -0.496 e. The lowest BCUT2D eigenvalue weighted by Crippen LogP contribution is -2.07. The number of methoxy groups -OCH3 is 1. The second-order valence-electron chi connectivity index (χ2n) is 4.78. The molecule has 2 heterocycles. The number of esters is 1. The Labute approximate surface area is 151 Å². The SMILES string of the molecule is COc1ccc(Br)cc1-c1nc(COC(=O)c2ccccn2)cs1. The standard InChI is InChI=1S/C17H13BrN2O3S/c1-22-15-6-5-11(18)8-13(15)16-20-12(10-24-16)9-23-17(21)14-4-2-3-7-19-14/h2-8,10H,9H2,1H3. The van der Waals surface area contributed by atoms with Gasteiger partial charge in [0.15, 0.2) is 0 Å². The smallest absolute Gasteiger partial charge is 0.357 e. The molecule has 0 spiro atoms. The maximum Gasteiger partial charge on any atom is 0.357 e. The van der Waals surface area contributed by atoms with Crippen LogP contribution in [0.25, 0.3) is 10.6 Å². The van der Waals surface area contributed by atoms with Crippen molar-refractivity contribution in [1.82, 2.24) is 9.97 Å². The van der Waals surface area contributed by atoms with E-state index in [1.165, 1.54) is 11.3 Å². The van der Waals surface area contributed by atoms with E-state index < -0.39 is 5.97 Å². The predicted molar refractivity (Wildman–Crippen MR) is 95.2 cm³/mol. The Balaban J connectivity index is 1.72. The van der Waals surface area contributed by atoms with Gasteiger partial charge < -0.3 is 9.47 Å². The zero-order valence-electron chi connectivity index (χ0n) is 12.7. The summed E-state index contributed by atoms with van der Waals surface area (Å²) in [6.07, 6.45) is 1.55. The van der Waals surface area contributed by atoms with Gasteiger partial charge in [0.25, 0.3) is 0 Å². The van der Waals surface area contributed by atoms with Crippen molar-refractivity contribution in [2.45, 2.75) is 6.61 Å². The quantitative estimate of drug-likeness (QED) is 0.592. The van der Waals surface area contributed by atoms with Crippen molar-refractivity contribution >= 4 is 33.2 Å². The molecular weight excluding hydrogens is 392 g/mol. The topological polar surface area (TPSA) is 61.3 Å². The summed E-state index contributed by atoms with van der Waals surface area (Å²) in [5.74, 6) is 0.273. The van der Waals surface area contributed by atoms with Crippen LogP contribution in [0.1, 0.15) is 16.2 Å². The second kappa shape index (κ2) is 7.55. The van der Waals surface area contributed by atoms with Crippen LogP contribution in [0.2, 0.25) is 0 Å². The van der Waals surface area contributed by atoms with E-state index in [1.54, 1.807) is 31.5 Å². The maximum absolute atomic E-state index is 11.9. The van der Waals surface area contributed by atoms with E-state index in [0.29, 0.717) is 5.69 Å². The van der Waals surface area contributed by atoms with Gasteiger partial charge in [0.1, 0.15) is 23.1 Å². The molecule has 122 valence electrons. The summed E-state index contributed by atoms with van der Waals surface area (Å²) >= 11 is 4.92. The van der Waals surface area contributed by atoms with Crippen molar-refractivity contribution in [3.8, 4) is 16.3 Å². The minimum absolute atomic E-state index is 0.0994. The Morgan fingerprint density at radius 1 is 1.29 bits per heavy atom. The third-order valence-corrected chi connectivity index (χ3v) is 4.59. The van der Waals surface area contributed by atoms with Gasteiger partial charge in [-0.3, -0.25) is 0 Å². The number of aromatic nitrogens is 2. The van der Waals surface area contributed by atoms with Crippen molar-refractivity contribution < 1.29 is 14.3 Å². The lowest BCUT2D eigenvalue weighted by Gasteiger charge is -2.06. The number of pyridine rings is 1. The number of ether oxygens (including phenoxy) is 2. The van der Waals surface area contributed by atoms with Gasteiger partial charge in [0.2, 0.25) is 0 Å². The maximum atomic E-state index is 11.9. The number of halogens is 1. The Hall–Kier alpha value is -2.25. The van der Waals surface area contributed by atoms with E-state index in [0.717, 1.165) is 20.8 Å². The number of thiazole rings is 1. The monoisotopic (exact) mass is 404 g/mol. The van der Waals surface area contributed by atoms with Gasteiger partial charge in [-0.25, -0.2) is 14.8 Å². The molecule has 0 unspecified atom stereocenters. The Bertz CT molecular complexity index is 852. The van der Waals surface area contributed by atoms with E-state index in [9.17, 15) is 4.79 Å². The zero-order chi connectivity index (χ0) is 16.9. The molecule has 0 amide bonds. The van der Waals surface area contributed by atoms with Crippen LogP contribution in [0, 0.1) is 0 Å². The molecular formula is C17H13BrN2O3S. The van der Waals surface area contributed by atoms with E-state index in [4.69, 9.17) is 9.47 Å². The van der Waals surface area contributed by atoms with Gasteiger partial charge in [-0.1, -0.05) is 22.0 Å². The first-order valence-electron chi connectivity index (χ1n) is 7.04. The summed E-state index contributed by atoms with van der Waals surface area (Å²) in [5, 5.41) is 2.67. The molecule has 0 N–H and O–H groups in total. The highest BCUT2D eigenvalue weighted by molar-refractivity contribution is 9.10. The molecule has 0 bridgehead atoms. The Morgan fingerprint density at radius 2 is 2.17 bits per heavy atom. The number of hydrogen-bond acceptors (Lipinski definition) is 6. The van der Waals surface area contributed by atoms with Crippen LogP contribution in [-0.2, 0) is 11.3 Å². The van der Waals surface area contributed by atoms with Crippen LogP contribution in [0.3, 0.4) is 0 Å². The summed E-state index contributed by atoms with van der Waals surface area (Å²) in [6, 6.07) is 10.8. The fraction of sp³-hybridized carbons (Fsp3) is 0.118. The molecule has 0 atom stereocenters. The number of nitrogens with zero attached hydrogens (tertiary/aromatic N) is 2. The van der Waals surface area contributed by atoms with Crippen molar-refractivity contribution in [2.24, 2.45) is 0 Å². The fourth-order valence-electron chi connectivity index (χ4n) is 2.04. The predicted octanol–water partition coefficient (Wildman–Crippen LogP) is 4.33. The minimum atomic E-state index is -0.467. The molecule has 2 aromatic heterocycles. The molecule has 0 saturated heterocycles. The average Bonchev–Trinajstić information content (AvgIpc) is 3.09. The average molecular weight is 405 g/mol. The summed E-state index contributed by atoms with van der Waals surface area (Å²) in [4.78, 5) is 20.4. The van der Waals surface area contributed by atoms with E-state index in [-0.39, 0.29) is 12.3 Å². The first kappa shape index (κ1) is 16.6. The summed E-state index contributed by atoms with van der Waals surface area (Å²) in [6.45, 7) is 0.0994. The molecule has 0 fully saturated rings. The van der Waals surface area contributed by atoms with Crippen molar-refractivity contribution in [3.05, 3.63) is 63.8 Å². The van der Waals surface area contributed by atoms with Gasteiger partial charge in [-0.05, 0) is 30.3 Å².